The van der Waals surface area contributed by atoms with Crippen molar-refractivity contribution in [3.63, 3.8) is 0 Å². The molecule has 0 rings (SSSR count). The van der Waals surface area contributed by atoms with E-state index in [1.165, 1.54) is 231 Å². The fourth-order valence-corrected chi connectivity index (χ4v) is 11.1. The van der Waals surface area contributed by atoms with Gasteiger partial charge in [-0.15, -0.1) is 0 Å². The van der Waals surface area contributed by atoms with Gasteiger partial charge >= 0.3 is 19.8 Å². The maximum Gasteiger partial charge on any atom is 0.472 e. The average Bonchev–Trinajstić information content (AvgIpc) is 3.67. The molecule has 0 saturated heterocycles. The van der Waals surface area contributed by atoms with Crippen LogP contribution in [0.2, 0.25) is 0 Å². The van der Waals surface area contributed by atoms with E-state index in [0.717, 1.165) is 70.6 Å². The molecule has 500 valence electrons. The minimum Gasteiger partial charge on any atom is -0.462 e. The summed E-state index contributed by atoms with van der Waals surface area (Å²) in [6.07, 6.45) is 91.2. The molecule has 0 aromatic carbocycles. The number of rotatable bonds is 67. The molecular formula is C76H139NO8P+. The van der Waals surface area contributed by atoms with Crippen LogP contribution in [0.5, 0.6) is 0 Å². The maximum absolute atomic E-state index is 12.9. The molecular weight excluding hydrogens is 1090 g/mol. The lowest BCUT2D eigenvalue weighted by Crippen LogP contribution is -2.37. The van der Waals surface area contributed by atoms with Gasteiger partial charge in [0.2, 0.25) is 0 Å². The lowest BCUT2D eigenvalue weighted by molar-refractivity contribution is -0.870. The van der Waals surface area contributed by atoms with Gasteiger partial charge in [0.15, 0.2) is 6.10 Å². The van der Waals surface area contributed by atoms with Gasteiger partial charge < -0.3 is 18.9 Å². The Hall–Kier alpha value is -2.81. The molecule has 0 amide bonds. The highest BCUT2D eigenvalue weighted by Crippen LogP contribution is 2.43. The molecule has 0 aliphatic heterocycles. The van der Waals surface area contributed by atoms with E-state index >= 15 is 0 Å². The minimum absolute atomic E-state index is 0.0311. The summed E-state index contributed by atoms with van der Waals surface area (Å²) in [5.74, 6) is -0.784. The highest BCUT2D eigenvalue weighted by atomic mass is 31.2. The molecule has 2 atom stereocenters. The Balaban J connectivity index is 4.00. The zero-order valence-corrected chi connectivity index (χ0v) is 57.9. The number of hydrogen-bond acceptors (Lipinski definition) is 7. The van der Waals surface area contributed by atoms with Crippen LogP contribution in [0.3, 0.4) is 0 Å². The SMILES string of the molecule is CC/C=C\C/C=C\C/C=C\C/C=C\CCCCCCCCCCCCCCCCCCC(=O)OC(COC(=O)CCCCCCCCCCCCCCCCCCCC/C=C\C/C=C\C/C=C\CCCCCCC)COP(=O)(O)OCC[N+](C)(C)C. The predicted molar refractivity (Wildman–Crippen MR) is 372 cm³/mol. The van der Waals surface area contributed by atoms with Crippen LogP contribution < -0.4 is 0 Å². The summed E-state index contributed by atoms with van der Waals surface area (Å²) in [5, 5.41) is 0. The Morgan fingerprint density at radius 2 is 0.663 bits per heavy atom. The Kier molecular flexibility index (Phi) is 64.4. The lowest BCUT2D eigenvalue weighted by atomic mass is 10.0. The highest BCUT2D eigenvalue weighted by molar-refractivity contribution is 7.47. The van der Waals surface area contributed by atoms with Crippen LogP contribution in [0, 0.1) is 0 Å². The third kappa shape index (κ3) is 70.3. The first kappa shape index (κ1) is 83.2. The first-order chi connectivity index (χ1) is 42.0. The number of carbonyl (C=O) groups excluding carboxylic acids is 2. The van der Waals surface area contributed by atoms with Gasteiger partial charge in [0.25, 0.3) is 0 Å². The van der Waals surface area contributed by atoms with Gasteiger partial charge in [0.1, 0.15) is 19.8 Å². The van der Waals surface area contributed by atoms with Gasteiger partial charge in [-0.2, -0.15) is 0 Å². The third-order valence-corrected chi connectivity index (χ3v) is 16.9. The number of esters is 2. The van der Waals surface area contributed by atoms with Crippen molar-refractivity contribution in [1.29, 1.82) is 0 Å². The number of quaternary nitrogens is 1. The number of phosphoric ester groups is 1. The monoisotopic (exact) mass is 1230 g/mol. The van der Waals surface area contributed by atoms with Gasteiger partial charge in [-0.05, 0) is 89.9 Å². The summed E-state index contributed by atoms with van der Waals surface area (Å²) in [4.78, 5) is 35.9. The van der Waals surface area contributed by atoms with Crippen molar-refractivity contribution in [2.24, 2.45) is 0 Å². The predicted octanol–water partition coefficient (Wildman–Crippen LogP) is 23.7. The molecule has 0 spiro atoms. The molecule has 0 heterocycles. The van der Waals surface area contributed by atoms with E-state index in [1.807, 2.05) is 21.1 Å². The van der Waals surface area contributed by atoms with Crippen molar-refractivity contribution in [2.75, 3.05) is 47.5 Å². The summed E-state index contributed by atoms with van der Waals surface area (Å²) < 4.78 is 34.8. The van der Waals surface area contributed by atoms with Gasteiger partial charge in [-0.3, -0.25) is 18.6 Å². The van der Waals surface area contributed by atoms with E-state index in [9.17, 15) is 19.0 Å². The molecule has 0 bridgehead atoms. The van der Waals surface area contributed by atoms with Gasteiger partial charge in [-0.25, -0.2) is 4.57 Å². The highest BCUT2D eigenvalue weighted by Gasteiger charge is 2.27. The summed E-state index contributed by atoms with van der Waals surface area (Å²) in [7, 11) is 1.49. The van der Waals surface area contributed by atoms with Crippen molar-refractivity contribution >= 4 is 19.8 Å². The second kappa shape index (κ2) is 66.6. The molecule has 0 fully saturated rings. The van der Waals surface area contributed by atoms with Gasteiger partial charge in [0, 0.05) is 12.8 Å². The summed E-state index contributed by atoms with van der Waals surface area (Å²) in [6, 6.07) is 0. The molecule has 0 saturated carbocycles. The Morgan fingerprint density at radius 3 is 0.988 bits per heavy atom. The van der Waals surface area contributed by atoms with Gasteiger partial charge in [0.05, 0.1) is 27.7 Å². The van der Waals surface area contributed by atoms with E-state index in [2.05, 4.69) is 98.9 Å². The lowest BCUT2D eigenvalue weighted by Gasteiger charge is -2.24. The zero-order valence-electron chi connectivity index (χ0n) is 57.0. The normalized spacial score (nSPS) is 13.6. The molecule has 0 radical (unpaired) electrons. The quantitative estimate of drug-likeness (QED) is 0.0211. The Morgan fingerprint density at radius 1 is 0.372 bits per heavy atom. The van der Waals surface area contributed by atoms with Gasteiger partial charge in [-0.1, -0.05) is 317 Å². The van der Waals surface area contributed by atoms with E-state index in [0.29, 0.717) is 17.4 Å². The van der Waals surface area contributed by atoms with Crippen molar-refractivity contribution < 1.29 is 42.1 Å². The topological polar surface area (TPSA) is 108 Å². The Labute approximate surface area is 532 Å². The average molecular weight is 1230 g/mol. The molecule has 0 aliphatic carbocycles. The molecule has 0 aliphatic rings. The van der Waals surface area contributed by atoms with E-state index in [1.54, 1.807) is 0 Å². The Bertz CT molecular complexity index is 1730. The summed E-state index contributed by atoms with van der Waals surface area (Å²) in [5.41, 5.74) is 0. The van der Waals surface area contributed by atoms with Crippen LogP contribution in [-0.4, -0.2) is 74.9 Å². The number of likely N-dealkylation sites (N-methyl/N-ethyl adjacent to an activating group) is 1. The summed E-state index contributed by atoms with van der Waals surface area (Å²) in [6.45, 7) is 4.35. The molecule has 9 nitrogen and oxygen atoms in total. The molecule has 2 unspecified atom stereocenters. The number of phosphoric acid groups is 1. The fourth-order valence-electron chi connectivity index (χ4n) is 10.4. The number of unbranched alkanes of at least 4 members (excludes halogenated alkanes) is 39. The molecule has 0 aromatic rings. The minimum atomic E-state index is -4.39. The second-order valence-electron chi connectivity index (χ2n) is 25.6. The maximum atomic E-state index is 12.9. The number of nitrogens with zero attached hydrogens (tertiary/aromatic N) is 1. The first-order valence-electron chi connectivity index (χ1n) is 36.3. The number of ether oxygens (including phenoxy) is 2. The molecule has 10 heteroatoms. The standard InChI is InChI=1S/C76H138NO8P/c1-6-8-10-12-14-16-18-20-22-24-26-28-30-32-34-36-37-38-39-41-42-44-46-48-50-52-54-56-58-60-62-64-66-68-75(78)82-72-74(73-84-86(80,81)83-71-70-77(3,4)5)85-76(79)69-67-65-63-61-59-57-55-53-51-49-47-45-43-40-35-33-31-29-27-25-23-21-19-17-15-13-11-9-7-2/h9,11,15,17-18,20-21,23-24,26-27,29-30,32,74H,6-8,10,12-14,16,19,22,25,28,31,33-73H2,1-5H3/p+1/b11-9-,17-15-,20-18-,23-21-,26-24-,29-27-,32-30-. The van der Waals surface area contributed by atoms with Crippen LogP contribution in [0.1, 0.15) is 335 Å². The van der Waals surface area contributed by atoms with Crippen molar-refractivity contribution in [1.82, 2.24) is 0 Å². The number of carbonyl (C=O) groups is 2. The van der Waals surface area contributed by atoms with E-state index in [4.69, 9.17) is 18.5 Å². The van der Waals surface area contributed by atoms with E-state index in [-0.39, 0.29) is 32.0 Å². The van der Waals surface area contributed by atoms with Crippen LogP contribution in [-0.2, 0) is 32.7 Å². The fraction of sp³-hybridized carbons (Fsp3) is 0.789. The van der Waals surface area contributed by atoms with Crippen molar-refractivity contribution in [3.8, 4) is 0 Å². The number of hydrogen-bond donors (Lipinski definition) is 1. The van der Waals surface area contributed by atoms with Crippen LogP contribution in [0.25, 0.3) is 0 Å². The smallest absolute Gasteiger partial charge is 0.462 e. The second-order valence-corrected chi connectivity index (χ2v) is 27.0. The number of allylic oxidation sites excluding steroid dienone is 14. The zero-order chi connectivity index (χ0) is 62.6. The van der Waals surface area contributed by atoms with Crippen LogP contribution >= 0.6 is 7.82 Å². The van der Waals surface area contributed by atoms with E-state index < -0.39 is 26.5 Å². The largest absolute Gasteiger partial charge is 0.472 e. The van der Waals surface area contributed by atoms with Crippen molar-refractivity contribution in [3.05, 3.63) is 85.1 Å². The third-order valence-electron chi connectivity index (χ3n) is 15.9. The van der Waals surface area contributed by atoms with Crippen LogP contribution in [0.4, 0.5) is 0 Å². The summed E-state index contributed by atoms with van der Waals surface area (Å²) >= 11 is 0. The van der Waals surface area contributed by atoms with Crippen molar-refractivity contribution in [2.45, 2.75) is 341 Å². The molecule has 0 aromatic heterocycles. The molecule has 86 heavy (non-hydrogen) atoms. The molecule has 1 N–H and O–H groups in total. The first-order valence-corrected chi connectivity index (χ1v) is 37.8. The van der Waals surface area contributed by atoms with Crippen LogP contribution in [0.15, 0.2) is 85.1 Å².